The van der Waals surface area contributed by atoms with Crippen LogP contribution in [0.2, 0.25) is 0 Å². The molecule has 0 saturated carbocycles. The van der Waals surface area contributed by atoms with Gasteiger partial charge < -0.3 is 0 Å². The standard InChI is InChI=1S/C16H14O/c1-3-11-5-7-13-12-6-4-10(2)8-14(12)16(17)15(13)9-11/h4-9H,3H2,1-2H3. The average Bonchev–Trinajstić information content (AvgIpc) is 2.62. The summed E-state index contributed by atoms with van der Waals surface area (Å²) in [6.45, 7) is 4.13. The first kappa shape index (κ1) is 10.3. The molecule has 0 fully saturated rings. The summed E-state index contributed by atoms with van der Waals surface area (Å²) in [5.41, 5.74) is 6.25. The Bertz CT molecular complexity index is 623. The fourth-order valence-electron chi connectivity index (χ4n) is 2.46. The van der Waals surface area contributed by atoms with Crippen molar-refractivity contribution in [2.75, 3.05) is 0 Å². The lowest BCUT2D eigenvalue weighted by Crippen LogP contribution is -1.96. The Morgan fingerprint density at radius 3 is 2.24 bits per heavy atom. The third-order valence-electron chi connectivity index (χ3n) is 3.45. The summed E-state index contributed by atoms with van der Waals surface area (Å²) in [6, 6.07) is 12.3. The Balaban J connectivity index is 2.27. The first-order chi connectivity index (χ1) is 8.20. The van der Waals surface area contributed by atoms with Gasteiger partial charge in [0.25, 0.3) is 0 Å². The number of ketones is 1. The van der Waals surface area contributed by atoms with Crippen molar-refractivity contribution in [3.05, 3.63) is 58.7 Å². The maximum absolute atomic E-state index is 12.3. The van der Waals surface area contributed by atoms with Crippen LogP contribution in [0.15, 0.2) is 36.4 Å². The zero-order chi connectivity index (χ0) is 12.0. The molecule has 0 aliphatic heterocycles. The molecule has 0 spiro atoms. The van der Waals surface area contributed by atoms with E-state index < -0.39 is 0 Å². The van der Waals surface area contributed by atoms with E-state index in [1.165, 1.54) is 5.56 Å². The van der Waals surface area contributed by atoms with Gasteiger partial charge in [-0.25, -0.2) is 0 Å². The minimum Gasteiger partial charge on any atom is -0.289 e. The molecule has 0 heterocycles. The van der Waals surface area contributed by atoms with Crippen LogP contribution in [-0.4, -0.2) is 5.78 Å². The molecule has 2 aromatic rings. The summed E-state index contributed by atoms with van der Waals surface area (Å²) in [6.07, 6.45) is 0.968. The normalized spacial score (nSPS) is 12.5. The molecule has 84 valence electrons. The third-order valence-corrected chi connectivity index (χ3v) is 3.45. The maximum Gasteiger partial charge on any atom is 0.194 e. The van der Waals surface area contributed by atoms with Crippen LogP contribution in [-0.2, 0) is 6.42 Å². The van der Waals surface area contributed by atoms with Gasteiger partial charge in [0.2, 0.25) is 0 Å². The second kappa shape index (κ2) is 3.56. The molecule has 0 atom stereocenters. The molecule has 1 aliphatic carbocycles. The topological polar surface area (TPSA) is 17.1 Å². The number of hydrogen-bond acceptors (Lipinski definition) is 1. The molecule has 0 radical (unpaired) electrons. The van der Waals surface area contributed by atoms with Crippen molar-refractivity contribution in [2.45, 2.75) is 20.3 Å². The first-order valence-corrected chi connectivity index (χ1v) is 5.99. The van der Waals surface area contributed by atoms with Crippen molar-refractivity contribution < 1.29 is 4.79 Å². The molecule has 0 unspecified atom stereocenters. The van der Waals surface area contributed by atoms with Gasteiger partial charge in [-0.05, 0) is 42.2 Å². The minimum atomic E-state index is 0.175. The van der Waals surface area contributed by atoms with Crippen molar-refractivity contribution in [1.29, 1.82) is 0 Å². The monoisotopic (exact) mass is 222 g/mol. The molecule has 0 saturated heterocycles. The van der Waals surface area contributed by atoms with Gasteiger partial charge in [-0.15, -0.1) is 0 Å². The van der Waals surface area contributed by atoms with Crippen LogP contribution in [0.4, 0.5) is 0 Å². The summed E-state index contributed by atoms with van der Waals surface area (Å²) in [7, 11) is 0. The SMILES string of the molecule is CCc1ccc2c(c1)C(=O)c1cc(C)ccc1-2. The molecular formula is C16H14O. The van der Waals surface area contributed by atoms with Gasteiger partial charge in [-0.2, -0.15) is 0 Å². The van der Waals surface area contributed by atoms with E-state index in [1.54, 1.807) is 0 Å². The predicted octanol–water partition coefficient (Wildman–Crippen LogP) is 3.77. The van der Waals surface area contributed by atoms with E-state index in [0.717, 1.165) is 34.2 Å². The van der Waals surface area contributed by atoms with Crippen molar-refractivity contribution >= 4 is 5.78 Å². The third kappa shape index (κ3) is 1.42. The van der Waals surface area contributed by atoms with Gasteiger partial charge >= 0.3 is 0 Å². The highest BCUT2D eigenvalue weighted by atomic mass is 16.1. The Morgan fingerprint density at radius 1 is 0.882 bits per heavy atom. The van der Waals surface area contributed by atoms with Crippen LogP contribution >= 0.6 is 0 Å². The summed E-state index contributed by atoms with van der Waals surface area (Å²) in [5.74, 6) is 0.175. The second-order valence-electron chi connectivity index (χ2n) is 4.61. The molecule has 0 N–H and O–H groups in total. The molecule has 0 aromatic heterocycles. The molecule has 1 aliphatic rings. The summed E-state index contributed by atoms with van der Waals surface area (Å²) >= 11 is 0. The molecule has 1 heteroatoms. The summed E-state index contributed by atoms with van der Waals surface area (Å²) < 4.78 is 0. The van der Waals surface area contributed by atoms with Crippen LogP contribution in [0.3, 0.4) is 0 Å². The highest BCUT2D eigenvalue weighted by molar-refractivity contribution is 6.21. The fourth-order valence-corrected chi connectivity index (χ4v) is 2.46. The zero-order valence-electron chi connectivity index (χ0n) is 10.1. The van der Waals surface area contributed by atoms with Gasteiger partial charge in [0.15, 0.2) is 5.78 Å². The van der Waals surface area contributed by atoms with E-state index in [-0.39, 0.29) is 5.78 Å². The second-order valence-corrected chi connectivity index (χ2v) is 4.61. The van der Waals surface area contributed by atoms with Gasteiger partial charge in [-0.1, -0.05) is 36.8 Å². The summed E-state index contributed by atoms with van der Waals surface area (Å²) in [4.78, 5) is 12.3. The van der Waals surface area contributed by atoms with Gasteiger partial charge in [0.05, 0.1) is 0 Å². The van der Waals surface area contributed by atoms with E-state index in [2.05, 4.69) is 31.2 Å². The maximum atomic E-state index is 12.3. The number of carbonyl (C=O) groups is 1. The van der Waals surface area contributed by atoms with Gasteiger partial charge in [0.1, 0.15) is 0 Å². The van der Waals surface area contributed by atoms with Crippen molar-refractivity contribution in [3.8, 4) is 11.1 Å². The van der Waals surface area contributed by atoms with E-state index in [9.17, 15) is 4.79 Å². The largest absolute Gasteiger partial charge is 0.289 e. The average molecular weight is 222 g/mol. The number of fused-ring (bicyclic) bond motifs is 3. The van der Waals surface area contributed by atoms with Crippen LogP contribution in [0.25, 0.3) is 11.1 Å². The van der Waals surface area contributed by atoms with Crippen LogP contribution in [0.5, 0.6) is 0 Å². The lowest BCUT2D eigenvalue weighted by molar-refractivity contribution is 0.104. The molecule has 0 amide bonds. The first-order valence-electron chi connectivity index (χ1n) is 5.99. The molecule has 17 heavy (non-hydrogen) atoms. The van der Waals surface area contributed by atoms with Crippen molar-refractivity contribution in [2.24, 2.45) is 0 Å². The smallest absolute Gasteiger partial charge is 0.194 e. The lowest BCUT2D eigenvalue weighted by atomic mass is 10.0. The minimum absolute atomic E-state index is 0.175. The summed E-state index contributed by atoms with van der Waals surface area (Å²) in [5, 5.41) is 0. The Morgan fingerprint density at radius 2 is 1.53 bits per heavy atom. The molecular weight excluding hydrogens is 208 g/mol. The fraction of sp³-hybridized carbons (Fsp3) is 0.188. The van der Waals surface area contributed by atoms with Crippen molar-refractivity contribution in [1.82, 2.24) is 0 Å². The number of aryl methyl sites for hydroxylation is 2. The van der Waals surface area contributed by atoms with Crippen LogP contribution < -0.4 is 0 Å². The number of rotatable bonds is 1. The number of carbonyl (C=O) groups excluding carboxylic acids is 1. The van der Waals surface area contributed by atoms with Gasteiger partial charge in [0, 0.05) is 11.1 Å². The molecule has 1 nitrogen and oxygen atoms in total. The highest BCUT2D eigenvalue weighted by Gasteiger charge is 2.26. The Labute approximate surface area is 101 Å². The highest BCUT2D eigenvalue weighted by Crippen LogP contribution is 2.37. The number of hydrogen-bond donors (Lipinski definition) is 0. The van der Waals surface area contributed by atoms with E-state index in [1.807, 2.05) is 19.1 Å². The quantitative estimate of drug-likeness (QED) is 0.612. The molecule has 2 aromatic carbocycles. The van der Waals surface area contributed by atoms with E-state index in [4.69, 9.17) is 0 Å². The lowest BCUT2D eigenvalue weighted by Gasteiger charge is -2.02. The molecule has 0 bridgehead atoms. The van der Waals surface area contributed by atoms with Crippen LogP contribution in [0.1, 0.15) is 34.0 Å². The molecule has 3 rings (SSSR count). The Hall–Kier alpha value is -1.89. The Kier molecular flexibility index (Phi) is 2.15. The van der Waals surface area contributed by atoms with Gasteiger partial charge in [-0.3, -0.25) is 4.79 Å². The van der Waals surface area contributed by atoms with Crippen LogP contribution in [0, 0.1) is 6.92 Å². The van der Waals surface area contributed by atoms with E-state index in [0.29, 0.717) is 0 Å². The number of benzene rings is 2. The zero-order valence-corrected chi connectivity index (χ0v) is 10.1. The van der Waals surface area contributed by atoms with E-state index >= 15 is 0 Å². The predicted molar refractivity (Wildman–Crippen MR) is 69.4 cm³/mol. The van der Waals surface area contributed by atoms with Crippen molar-refractivity contribution in [3.63, 3.8) is 0 Å².